The van der Waals surface area contributed by atoms with E-state index in [-0.39, 0.29) is 6.07 Å². The van der Waals surface area contributed by atoms with Gasteiger partial charge < -0.3 is 134 Å². The zero-order chi connectivity index (χ0) is 64.4. The molecule has 1 saturated heterocycles. The fraction of sp³-hybridized carbons (Fsp3) is 0.109. The summed E-state index contributed by atoms with van der Waals surface area (Å²) in [5, 5.41) is 190. The van der Waals surface area contributed by atoms with Crippen LogP contribution in [0.25, 0.3) is 43.8 Å². The Hall–Kier alpha value is -13.0. The molecule has 11 rings (SSSR count). The lowest BCUT2D eigenvalue weighted by Gasteiger charge is -2.43. The van der Waals surface area contributed by atoms with Gasteiger partial charge in [-0.2, -0.15) is 0 Å². The summed E-state index contributed by atoms with van der Waals surface area (Å²) >= 11 is 0. The van der Waals surface area contributed by atoms with E-state index in [1.165, 1.54) is 0 Å². The van der Waals surface area contributed by atoms with Gasteiger partial charge in [0.1, 0.15) is 18.3 Å². The molecule has 4 heterocycles. The van der Waals surface area contributed by atoms with Crippen molar-refractivity contribution in [3.8, 4) is 126 Å². The van der Waals surface area contributed by atoms with Crippen LogP contribution in [0, 0.1) is 0 Å². The molecule has 0 spiro atoms. The number of ether oxygens (including phenoxy) is 7. The molecule has 458 valence electrons. The molecule has 34 nitrogen and oxygen atoms in total. The number of phenolic OH excluding ortho intramolecular Hbond substituents is 18. The molecular weight excluding hydrogens is 1200 g/mol. The maximum atomic E-state index is 14.9. The Kier molecular flexibility index (Phi) is 13.4. The summed E-state index contributed by atoms with van der Waals surface area (Å²) in [6.07, 6.45) is -13.5. The second-order valence-corrected chi connectivity index (χ2v) is 19.2. The maximum absolute atomic E-state index is 14.9. The first-order valence-electron chi connectivity index (χ1n) is 24.6. The number of phenols is 18. The first-order chi connectivity index (χ1) is 42.0. The van der Waals surface area contributed by atoms with Gasteiger partial charge in [-0.05, 0) is 42.5 Å². The summed E-state index contributed by atoms with van der Waals surface area (Å²) in [4.78, 5) is 99.2. The van der Waals surface area contributed by atoms with Crippen molar-refractivity contribution in [3.63, 3.8) is 0 Å². The van der Waals surface area contributed by atoms with Crippen LogP contribution in [-0.4, -0.2) is 159 Å². The highest BCUT2D eigenvalue weighted by molar-refractivity contribution is 6.22. The molecule has 0 amide bonds. The van der Waals surface area contributed by atoms with Gasteiger partial charge >= 0.3 is 41.1 Å². The quantitative estimate of drug-likeness (QED) is 0.0341. The number of carbonyl (C=O) groups is 5. The SMILES string of the molecule is O=C(O[C@H]1[C@@H](OC(=O)c2cc(O)c(O)c(O)c2Oc2cc3c(=O)oc4c(O)c(O)cc5c(=O)oc(c2O)c3c45)OC2COC(=O)c3cc(O)c(O)c(O)c3-c3c(cc(O)c(O)c3O)C(=O)O[C@H]2[C@H]1OC(=O)c1cc(O)c(O)c(O)c1)c1cc(O)c(O)c(O)c1. The van der Waals surface area contributed by atoms with E-state index in [0.717, 1.165) is 6.07 Å². The van der Waals surface area contributed by atoms with Gasteiger partial charge in [-0.1, -0.05) is 0 Å². The van der Waals surface area contributed by atoms with Crippen molar-refractivity contribution >= 4 is 62.6 Å². The molecule has 2 aliphatic rings. The summed E-state index contributed by atoms with van der Waals surface area (Å²) in [5.41, 5.74) is -12.2. The lowest BCUT2D eigenvalue weighted by molar-refractivity contribution is -0.282. The third-order valence-corrected chi connectivity index (χ3v) is 13.9. The normalized spacial score (nSPS) is 17.4. The van der Waals surface area contributed by atoms with Crippen molar-refractivity contribution in [2.45, 2.75) is 30.7 Å². The number of benzene rings is 7. The zero-order valence-corrected chi connectivity index (χ0v) is 43.4. The van der Waals surface area contributed by atoms with Crippen molar-refractivity contribution in [1.82, 2.24) is 0 Å². The number of carbonyl (C=O) groups excluding carboxylic acids is 5. The summed E-state index contributed by atoms with van der Waals surface area (Å²) in [6.45, 7) is -1.43. The predicted molar refractivity (Wildman–Crippen MR) is 280 cm³/mol. The van der Waals surface area contributed by atoms with Gasteiger partial charge in [-0.15, -0.1) is 0 Å². The summed E-state index contributed by atoms with van der Waals surface area (Å²) in [7, 11) is 0. The average Bonchev–Trinajstić information content (AvgIpc) is 0.913. The number of rotatable bonds is 8. The van der Waals surface area contributed by atoms with Crippen molar-refractivity contribution in [1.29, 1.82) is 0 Å². The van der Waals surface area contributed by atoms with Crippen molar-refractivity contribution in [3.05, 3.63) is 103 Å². The van der Waals surface area contributed by atoms with Crippen molar-refractivity contribution in [2.24, 2.45) is 0 Å². The lowest BCUT2D eigenvalue weighted by Crippen LogP contribution is -2.63. The van der Waals surface area contributed by atoms with Crippen molar-refractivity contribution in [2.75, 3.05) is 6.61 Å². The van der Waals surface area contributed by atoms with Crippen LogP contribution in [-0.2, 0) is 28.4 Å². The predicted octanol–water partition coefficient (Wildman–Crippen LogP) is 3.38. The first kappa shape index (κ1) is 57.8. The first-order valence-corrected chi connectivity index (χ1v) is 24.6. The van der Waals surface area contributed by atoms with Crippen LogP contribution in [0.5, 0.6) is 115 Å². The Morgan fingerprint density at radius 2 is 0.865 bits per heavy atom. The summed E-state index contributed by atoms with van der Waals surface area (Å²) in [6, 6.07) is 4.24. The van der Waals surface area contributed by atoms with E-state index in [9.17, 15) is 125 Å². The second kappa shape index (κ2) is 20.7. The second-order valence-electron chi connectivity index (χ2n) is 19.2. The zero-order valence-electron chi connectivity index (χ0n) is 43.4. The third-order valence-electron chi connectivity index (χ3n) is 13.9. The largest absolute Gasteiger partial charge is 0.504 e. The minimum atomic E-state index is -2.88. The van der Waals surface area contributed by atoms with Gasteiger partial charge in [-0.25, -0.2) is 33.6 Å². The van der Waals surface area contributed by atoms with E-state index >= 15 is 0 Å². The molecule has 34 heteroatoms. The fourth-order valence-corrected chi connectivity index (χ4v) is 9.69. The van der Waals surface area contributed by atoms with Crippen LogP contribution in [0.4, 0.5) is 0 Å². The van der Waals surface area contributed by atoms with Crippen LogP contribution < -0.4 is 16.0 Å². The monoisotopic (exact) mass is 1240 g/mol. The molecule has 5 atom stereocenters. The Morgan fingerprint density at radius 1 is 0.427 bits per heavy atom. The molecule has 0 aliphatic carbocycles. The molecule has 2 aromatic heterocycles. The van der Waals surface area contributed by atoms with Gasteiger partial charge in [0.2, 0.25) is 46.9 Å². The minimum Gasteiger partial charge on any atom is -0.504 e. The molecule has 18 N–H and O–H groups in total. The van der Waals surface area contributed by atoms with Crippen LogP contribution in [0.2, 0.25) is 0 Å². The molecule has 0 bridgehead atoms. The van der Waals surface area contributed by atoms with Crippen LogP contribution in [0.3, 0.4) is 0 Å². The van der Waals surface area contributed by atoms with Gasteiger partial charge in [0.05, 0.1) is 33.0 Å². The van der Waals surface area contributed by atoms with Gasteiger partial charge in [0.25, 0.3) is 0 Å². The maximum Gasteiger partial charge on any atom is 0.344 e. The molecule has 1 unspecified atom stereocenters. The third kappa shape index (κ3) is 9.24. The number of cyclic esters (lactones) is 1. The van der Waals surface area contributed by atoms with Gasteiger partial charge in [-0.3, -0.25) is 0 Å². The van der Waals surface area contributed by atoms with Crippen molar-refractivity contribution < 1.29 is 158 Å². The summed E-state index contributed by atoms with van der Waals surface area (Å²) < 4.78 is 50.2. The minimum absolute atomic E-state index is 0.283. The van der Waals surface area contributed by atoms with Crippen LogP contribution >= 0.6 is 0 Å². The molecule has 0 saturated carbocycles. The molecule has 9 aromatic rings. The van der Waals surface area contributed by atoms with E-state index in [0.29, 0.717) is 42.5 Å². The highest BCUT2D eigenvalue weighted by atomic mass is 16.7. The number of fused-ring (bicyclic) bond motifs is 4. The fourth-order valence-electron chi connectivity index (χ4n) is 9.69. The number of hydrogen-bond acceptors (Lipinski definition) is 34. The van der Waals surface area contributed by atoms with Gasteiger partial charge in [0, 0.05) is 34.0 Å². The van der Waals surface area contributed by atoms with Crippen LogP contribution in [0.1, 0.15) is 51.8 Å². The van der Waals surface area contributed by atoms with E-state index in [1.807, 2.05) is 0 Å². The number of aromatic hydroxyl groups is 18. The smallest absolute Gasteiger partial charge is 0.344 e. The molecule has 0 radical (unpaired) electrons. The van der Waals surface area contributed by atoms with Crippen LogP contribution in [0.15, 0.2) is 73.0 Å². The number of hydrogen-bond donors (Lipinski definition) is 18. The highest BCUT2D eigenvalue weighted by Gasteiger charge is 2.56. The topological polar surface area (TPSA) is 575 Å². The Morgan fingerprint density at radius 3 is 1.39 bits per heavy atom. The van der Waals surface area contributed by atoms with E-state index < -0.39 is 265 Å². The Bertz CT molecular complexity index is 4700. The lowest BCUT2D eigenvalue weighted by atomic mass is 9.92. The number of esters is 5. The Labute approximate surface area is 486 Å². The summed E-state index contributed by atoms with van der Waals surface area (Å²) in [5.74, 6) is -35.4. The van der Waals surface area contributed by atoms with E-state index in [4.69, 9.17) is 42.0 Å². The molecule has 89 heavy (non-hydrogen) atoms. The standard InChI is InChI=1S/C55H34O34/c56-18-1-11(2-19(57)32(18)64)48(74)87-46-43-27(10-81-50(76)13-5-22(60)34(66)39(71)28(13)29-14(51(77)84-43)6-23(61)35(67)40(29)72)83-55(47(46)88-49(75)12-3-20(58)33(65)21(59)4-12)89-54(80)17-8-24(62)36(68)41(73)42(17)82-26-9-16-31-30-15(52(78)86-45(31)38(26)70)7-25(63)37(69)44(30)85-53(16)79/h1-9,27,43,46-47,55-73H,10H2/t27?,43-,46-,47-,55-/m1/s1. The van der Waals surface area contributed by atoms with E-state index in [2.05, 4.69) is 0 Å². The molecule has 2 aliphatic heterocycles. The molecule has 1 fully saturated rings. The Balaban J connectivity index is 1.09. The molecule has 7 aromatic carbocycles. The molecular formula is C55H34O34. The highest BCUT2D eigenvalue weighted by Crippen LogP contribution is 2.55. The van der Waals surface area contributed by atoms with Gasteiger partial charge in [0.15, 0.2) is 104 Å². The average molecular weight is 1240 g/mol. The van der Waals surface area contributed by atoms with E-state index in [1.54, 1.807) is 0 Å².